The number of carbonyl (C=O) groups excluding carboxylic acids is 2. The molecule has 168 valence electrons. The Morgan fingerprint density at radius 2 is 1.62 bits per heavy atom. The van der Waals surface area contributed by atoms with E-state index in [9.17, 15) is 14.7 Å². The fourth-order valence-corrected chi connectivity index (χ4v) is 4.01. The van der Waals surface area contributed by atoms with Gasteiger partial charge < -0.3 is 5.11 Å². The number of nitrogens with zero attached hydrogens (tertiary/aromatic N) is 3. The van der Waals surface area contributed by atoms with Crippen molar-refractivity contribution in [2.45, 2.75) is 53.4 Å². The Balaban J connectivity index is 2.20. The summed E-state index contributed by atoms with van der Waals surface area (Å²) in [5.41, 5.74) is 2.30. The number of rotatable bonds is 5. The number of imide groups is 1. The van der Waals surface area contributed by atoms with Crippen LogP contribution in [0.25, 0.3) is 16.7 Å². The van der Waals surface area contributed by atoms with E-state index in [0.29, 0.717) is 11.0 Å². The van der Waals surface area contributed by atoms with Crippen molar-refractivity contribution in [2.75, 3.05) is 0 Å². The normalized spacial score (nSPS) is 12.1. The van der Waals surface area contributed by atoms with Crippen molar-refractivity contribution in [3.63, 3.8) is 0 Å². The summed E-state index contributed by atoms with van der Waals surface area (Å²) in [5, 5.41) is 22.2. The SMILES string of the molecule is C=C(C)C(=O)NC(=O)c1cc(C(C)(C)CC(C)(C)C)cc(-n2nc3ccccc3n2)c1O. The first-order valence-electron chi connectivity index (χ1n) is 10.5. The van der Waals surface area contributed by atoms with E-state index in [1.807, 2.05) is 24.3 Å². The Bertz CT molecular complexity index is 1180. The number of aromatic hydroxyl groups is 1. The maximum Gasteiger partial charge on any atom is 0.261 e. The van der Waals surface area contributed by atoms with Crippen molar-refractivity contribution in [2.24, 2.45) is 5.41 Å². The average Bonchev–Trinajstić information content (AvgIpc) is 3.09. The summed E-state index contributed by atoms with van der Waals surface area (Å²) in [6, 6.07) is 10.8. The van der Waals surface area contributed by atoms with Crippen molar-refractivity contribution >= 4 is 22.8 Å². The van der Waals surface area contributed by atoms with Crippen molar-refractivity contribution in [1.29, 1.82) is 0 Å². The van der Waals surface area contributed by atoms with Gasteiger partial charge in [0.05, 0.1) is 5.56 Å². The lowest BCUT2D eigenvalue weighted by Gasteiger charge is -2.33. The minimum atomic E-state index is -0.707. The van der Waals surface area contributed by atoms with Gasteiger partial charge in [-0.05, 0) is 54.0 Å². The maximum atomic E-state index is 12.9. The highest BCUT2D eigenvalue weighted by Gasteiger charge is 2.31. The lowest BCUT2D eigenvalue weighted by Crippen LogP contribution is -2.32. The Morgan fingerprint density at radius 1 is 1.06 bits per heavy atom. The molecule has 32 heavy (non-hydrogen) atoms. The smallest absolute Gasteiger partial charge is 0.261 e. The van der Waals surface area contributed by atoms with Crippen LogP contribution in [0.15, 0.2) is 48.6 Å². The van der Waals surface area contributed by atoms with E-state index < -0.39 is 11.8 Å². The van der Waals surface area contributed by atoms with Crippen LogP contribution in [0, 0.1) is 5.41 Å². The highest BCUT2D eigenvalue weighted by molar-refractivity contribution is 6.11. The number of amides is 2. The summed E-state index contributed by atoms with van der Waals surface area (Å²) in [6.45, 7) is 15.7. The first kappa shape index (κ1) is 23.2. The van der Waals surface area contributed by atoms with Crippen molar-refractivity contribution < 1.29 is 14.7 Å². The van der Waals surface area contributed by atoms with E-state index in [-0.39, 0.29) is 33.4 Å². The summed E-state index contributed by atoms with van der Waals surface area (Å²) in [5.74, 6) is -1.60. The van der Waals surface area contributed by atoms with Gasteiger partial charge >= 0.3 is 0 Å². The van der Waals surface area contributed by atoms with E-state index in [1.54, 1.807) is 12.1 Å². The van der Waals surface area contributed by atoms with Crippen molar-refractivity contribution in [3.05, 3.63) is 59.7 Å². The van der Waals surface area contributed by atoms with Gasteiger partial charge in [-0.2, -0.15) is 0 Å². The van der Waals surface area contributed by atoms with Crippen LogP contribution in [-0.2, 0) is 10.2 Å². The number of phenols is 1. The van der Waals surface area contributed by atoms with Gasteiger partial charge in [-0.3, -0.25) is 14.9 Å². The molecular weight excluding hydrogens is 404 g/mol. The number of fused-ring (bicyclic) bond motifs is 1. The molecule has 1 heterocycles. The van der Waals surface area contributed by atoms with Crippen LogP contribution in [-0.4, -0.2) is 31.9 Å². The number of nitrogens with one attached hydrogen (secondary N) is 1. The third-order valence-electron chi connectivity index (χ3n) is 5.20. The van der Waals surface area contributed by atoms with E-state index in [2.05, 4.69) is 56.7 Å². The zero-order valence-corrected chi connectivity index (χ0v) is 19.5. The summed E-state index contributed by atoms with van der Waals surface area (Å²) < 4.78 is 0. The van der Waals surface area contributed by atoms with Crippen LogP contribution < -0.4 is 5.32 Å². The monoisotopic (exact) mass is 434 g/mol. The molecular formula is C25H30N4O3. The van der Waals surface area contributed by atoms with Crippen molar-refractivity contribution in [1.82, 2.24) is 20.3 Å². The van der Waals surface area contributed by atoms with Crippen molar-refractivity contribution in [3.8, 4) is 11.4 Å². The standard InChI is InChI=1S/C25H30N4O3/c1-15(2)22(31)26-23(32)17-12-16(25(6,7)14-24(3,4)5)13-20(21(17)30)29-27-18-10-8-9-11-19(18)28-29/h8-13,30H,1,14H2,2-7H3,(H,26,31,32). The van der Waals surface area contributed by atoms with Gasteiger partial charge in [0.2, 0.25) is 0 Å². The minimum absolute atomic E-state index is 0.0181. The lowest BCUT2D eigenvalue weighted by molar-refractivity contribution is -0.116. The van der Waals surface area contributed by atoms with Gasteiger partial charge in [-0.25, -0.2) is 0 Å². The van der Waals surface area contributed by atoms with Crippen LogP contribution in [0.3, 0.4) is 0 Å². The first-order valence-corrected chi connectivity index (χ1v) is 10.5. The topological polar surface area (TPSA) is 97.1 Å². The van der Waals surface area contributed by atoms with Crippen LogP contribution in [0.4, 0.5) is 0 Å². The number of hydrogen-bond donors (Lipinski definition) is 2. The largest absolute Gasteiger partial charge is 0.505 e. The molecule has 3 aromatic rings. The third-order valence-corrected chi connectivity index (χ3v) is 5.20. The Hall–Kier alpha value is -3.48. The Morgan fingerprint density at radius 3 is 2.12 bits per heavy atom. The van der Waals surface area contributed by atoms with Crippen LogP contribution in [0.1, 0.15) is 63.9 Å². The molecule has 0 saturated carbocycles. The van der Waals surface area contributed by atoms with Gasteiger partial charge in [0, 0.05) is 5.57 Å². The summed E-state index contributed by atoms with van der Waals surface area (Å²) in [4.78, 5) is 26.3. The number of phenolic OH excluding ortho intramolecular Hbond substituents is 1. The second-order valence-corrected chi connectivity index (χ2v) is 10.1. The molecule has 7 heteroatoms. The molecule has 7 nitrogen and oxygen atoms in total. The summed E-state index contributed by atoms with van der Waals surface area (Å²) in [7, 11) is 0. The zero-order chi connectivity index (χ0) is 23.8. The Kier molecular flexibility index (Phi) is 5.96. The number of hydrogen-bond acceptors (Lipinski definition) is 5. The number of carbonyl (C=O) groups is 2. The molecule has 0 radical (unpaired) electrons. The van der Waals surface area contributed by atoms with Gasteiger partial charge in [-0.1, -0.05) is 53.3 Å². The molecule has 0 spiro atoms. The highest BCUT2D eigenvalue weighted by Crippen LogP contribution is 2.39. The van der Waals surface area contributed by atoms with E-state index in [1.165, 1.54) is 11.7 Å². The quantitative estimate of drug-likeness (QED) is 0.569. The van der Waals surface area contributed by atoms with E-state index in [4.69, 9.17) is 0 Å². The minimum Gasteiger partial charge on any atom is -0.505 e. The molecule has 3 rings (SSSR count). The fraction of sp³-hybridized carbons (Fsp3) is 0.360. The molecule has 0 aliphatic heterocycles. The maximum absolute atomic E-state index is 12.9. The highest BCUT2D eigenvalue weighted by atomic mass is 16.3. The summed E-state index contributed by atoms with van der Waals surface area (Å²) >= 11 is 0. The molecule has 0 fully saturated rings. The molecule has 2 aromatic carbocycles. The lowest BCUT2D eigenvalue weighted by atomic mass is 9.72. The molecule has 1 aromatic heterocycles. The molecule has 2 N–H and O–H groups in total. The van der Waals surface area contributed by atoms with Crippen LogP contribution >= 0.6 is 0 Å². The molecule has 0 atom stereocenters. The fourth-order valence-electron chi connectivity index (χ4n) is 4.01. The molecule has 0 aliphatic rings. The third kappa shape index (κ3) is 4.88. The number of benzene rings is 2. The van der Waals surface area contributed by atoms with E-state index in [0.717, 1.165) is 12.0 Å². The van der Waals surface area contributed by atoms with Gasteiger partial charge in [0.25, 0.3) is 11.8 Å². The van der Waals surface area contributed by atoms with Gasteiger partial charge in [-0.15, -0.1) is 15.0 Å². The molecule has 0 bridgehead atoms. The van der Waals surface area contributed by atoms with E-state index >= 15 is 0 Å². The second kappa shape index (κ2) is 8.22. The molecule has 0 saturated heterocycles. The molecule has 2 amide bonds. The first-order chi connectivity index (χ1) is 14.8. The predicted octanol–water partition coefficient (Wildman–Crippen LogP) is 4.67. The van der Waals surface area contributed by atoms with Gasteiger partial charge in [0.15, 0.2) is 5.75 Å². The average molecular weight is 435 g/mol. The molecule has 0 aliphatic carbocycles. The van der Waals surface area contributed by atoms with Crippen LogP contribution in [0.2, 0.25) is 0 Å². The number of aromatic nitrogens is 3. The van der Waals surface area contributed by atoms with Gasteiger partial charge in [0.1, 0.15) is 16.7 Å². The summed E-state index contributed by atoms with van der Waals surface area (Å²) in [6.07, 6.45) is 0.824. The second-order valence-electron chi connectivity index (χ2n) is 10.1. The Labute approximate surface area is 188 Å². The molecule has 0 unspecified atom stereocenters. The predicted molar refractivity (Wildman–Crippen MR) is 125 cm³/mol. The van der Waals surface area contributed by atoms with Crippen LogP contribution in [0.5, 0.6) is 5.75 Å². The zero-order valence-electron chi connectivity index (χ0n) is 19.5.